The molecule has 0 saturated carbocycles. The predicted octanol–water partition coefficient (Wildman–Crippen LogP) is 1.97. The Kier molecular flexibility index (Phi) is 4.13. The largest absolute Gasteiger partial charge is 0.481 e. The van der Waals surface area contributed by atoms with Crippen LogP contribution >= 0.6 is 11.6 Å². The Labute approximate surface area is 116 Å². The van der Waals surface area contributed by atoms with Gasteiger partial charge in [-0.2, -0.15) is 4.31 Å². The number of hydrogen-bond acceptors (Lipinski definition) is 3. The summed E-state index contributed by atoms with van der Waals surface area (Å²) in [7, 11) is -3.73. The Morgan fingerprint density at radius 3 is 2.74 bits per heavy atom. The van der Waals surface area contributed by atoms with Crippen LogP contribution in [-0.4, -0.2) is 36.4 Å². The summed E-state index contributed by atoms with van der Waals surface area (Å²) >= 11 is 5.92. The maximum atomic E-state index is 12.5. The molecular weight excluding hydrogens is 290 g/mol. The smallest absolute Gasteiger partial charge is 0.304 e. The van der Waals surface area contributed by atoms with E-state index >= 15 is 0 Å². The van der Waals surface area contributed by atoms with Gasteiger partial charge in [-0.25, -0.2) is 8.42 Å². The van der Waals surface area contributed by atoms with Gasteiger partial charge in [-0.1, -0.05) is 23.7 Å². The Morgan fingerprint density at radius 1 is 1.42 bits per heavy atom. The molecule has 104 valence electrons. The number of halogens is 1. The van der Waals surface area contributed by atoms with E-state index in [0.717, 1.165) is 0 Å². The zero-order valence-electron chi connectivity index (χ0n) is 10.1. The monoisotopic (exact) mass is 303 g/mol. The van der Waals surface area contributed by atoms with Crippen molar-refractivity contribution in [3.63, 3.8) is 0 Å². The molecule has 1 atom stereocenters. The lowest BCUT2D eigenvalue weighted by Gasteiger charge is -2.23. The van der Waals surface area contributed by atoms with Gasteiger partial charge in [0.1, 0.15) is 4.90 Å². The number of sulfonamides is 1. The zero-order chi connectivity index (χ0) is 14.0. The minimum absolute atomic E-state index is 0.0361. The first-order valence-corrected chi connectivity index (χ1v) is 7.73. The summed E-state index contributed by atoms with van der Waals surface area (Å²) in [5.41, 5.74) is 0. The fourth-order valence-electron chi connectivity index (χ4n) is 2.31. The molecule has 0 aromatic heterocycles. The van der Waals surface area contributed by atoms with Gasteiger partial charge in [-0.05, 0) is 25.0 Å². The van der Waals surface area contributed by atoms with E-state index in [9.17, 15) is 13.2 Å². The van der Waals surface area contributed by atoms with Gasteiger partial charge < -0.3 is 5.11 Å². The molecule has 1 fully saturated rings. The van der Waals surface area contributed by atoms with Crippen molar-refractivity contribution in [2.75, 3.05) is 6.54 Å². The second-order valence-electron chi connectivity index (χ2n) is 4.44. The molecule has 5 nitrogen and oxygen atoms in total. The third-order valence-corrected chi connectivity index (χ3v) is 5.61. The quantitative estimate of drug-likeness (QED) is 0.923. The molecule has 1 N–H and O–H groups in total. The van der Waals surface area contributed by atoms with Gasteiger partial charge in [0.25, 0.3) is 0 Å². The highest BCUT2D eigenvalue weighted by molar-refractivity contribution is 7.89. The standard InChI is InChI=1S/C12H14ClNO4S/c13-10-5-1-2-6-11(10)19(17,18)14-7-3-4-9(14)8-12(15)16/h1-2,5-6,9H,3-4,7-8H2,(H,15,16). The second-order valence-corrected chi connectivity index (χ2v) is 6.71. The lowest BCUT2D eigenvalue weighted by Crippen LogP contribution is -2.36. The highest BCUT2D eigenvalue weighted by Gasteiger charge is 2.37. The van der Waals surface area contributed by atoms with Crippen LogP contribution in [0.4, 0.5) is 0 Å². The molecule has 0 radical (unpaired) electrons. The van der Waals surface area contributed by atoms with Crippen LogP contribution < -0.4 is 0 Å². The Hall–Kier alpha value is -1.11. The van der Waals surface area contributed by atoms with Crippen molar-refractivity contribution in [1.29, 1.82) is 0 Å². The molecule has 1 aromatic rings. The van der Waals surface area contributed by atoms with Crippen LogP contribution in [0.2, 0.25) is 5.02 Å². The molecule has 1 heterocycles. The van der Waals surface area contributed by atoms with Crippen molar-refractivity contribution in [1.82, 2.24) is 4.31 Å². The summed E-state index contributed by atoms with van der Waals surface area (Å²) in [6.45, 7) is 0.339. The van der Waals surface area contributed by atoms with E-state index in [1.165, 1.54) is 16.4 Å². The van der Waals surface area contributed by atoms with Crippen LogP contribution in [0.15, 0.2) is 29.2 Å². The third kappa shape index (κ3) is 2.91. The van der Waals surface area contributed by atoms with Gasteiger partial charge >= 0.3 is 5.97 Å². The van der Waals surface area contributed by atoms with Gasteiger partial charge in [0.05, 0.1) is 11.4 Å². The van der Waals surface area contributed by atoms with Crippen molar-refractivity contribution < 1.29 is 18.3 Å². The van der Waals surface area contributed by atoms with Crippen molar-refractivity contribution in [3.8, 4) is 0 Å². The number of carboxylic acid groups (broad SMARTS) is 1. The number of aliphatic carboxylic acids is 1. The Bertz CT molecular complexity index is 587. The molecule has 0 spiro atoms. The molecule has 0 amide bonds. The zero-order valence-corrected chi connectivity index (χ0v) is 11.7. The van der Waals surface area contributed by atoms with Crippen LogP contribution in [-0.2, 0) is 14.8 Å². The Balaban J connectivity index is 2.34. The topological polar surface area (TPSA) is 74.7 Å². The average molecular weight is 304 g/mol. The van der Waals surface area contributed by atoms with E-state index in [1.807, 2.05) is 0 Å². The molecule has 2 rings (SSSR count). The first kappa shape index (κ1) is 14.3. The number of carboxylic acids is 1. The summed E-state index contributed by atoms with van der Waals surface area (Å²) in [5.74, 6) is -0.994. The maximum Gasteiger partial charge on any atom is 0.304 e. The number of nitrogens with zero attached hydrogens (tertiary/aromatic N) is 1. The van der Waals surface area contributed by atoms with Crippen molar-refractivity contribution in [2.24, 2.45) is 0 Å². The molecule has 1 aliphatic heterocycles. The van der Waals surface area contributed by atoms with Crippen LogP contribution in [0.1, 0.15) is 19.3 Å². The summed E-state index contributed by atoms with van der Waals surface area (Å²) in [4.78, 5) is 10.8. The first-order valence-electron chi connectivity index (χ1n) is 5.91. The van der Waals surface area contributed by atoms with Crippen molar-refractivity contribution in [2.45, 2.75) is 30.2 Å². The predicted molar refractivity (Wildman–Crippen MR) is 70.6 cm³/mol. The van der Waals surface area contributed by atoms with E-state index in [0.29, 0.717) is 19.4 Å². The van der Waals surface area contributed by atoms with Gasteiger partial charge in [0.2, 0.25) is 10.0 Å². The summed E-state index contributed by atoms with van der Waals surface area (Å²) < 4.78 is 26.2. The van der Waals surface area contributed by atoms with E-state index in [4.69, 9.17) is 16.7 Å². The molecule has 1 saturated heterocycles. The summed E-state index contributed by atoms with van der Waals surface area (Å²) in [6.07, 6.45) is 1.06. The fraction of sp³-hybridized carbons (Fsp3) is 0.417. The number of benzene rings is 1. The molecule has 0 bridgehead atoms. The van der Waals surface area contributed by atoms with Gasteiger partial charge in [0, 0.05) is 12.6 Å². The third-order valence-electron chi connectivity index (χ3n) is 3.16. The number of hydrogen-bond donors (Lipinski definition) is 1. The van der Waals surface area contributed by atoms with Crippen LogP contribution in [0.5, 0.6) is 0 Å². The first-order chi connectivity index (χ1) is 8.93. The van der Waals surface area contributed by atoms with E-state index < -0.39 is 22.0 Å². The molecule has 1 aliphatic rings. The SMILES string of the molecule is O=C(O)CC1CCCN1S(=O)(=O)c1ccccc1Cl. The van der Waals surface area contributed by atoms with Gasteiger partial charge in [0.15, 0.2) is 0 Å². The number of carbonyl (C=O) groups is 1. The molecule has 7 heteroatoms. The van der Waals surface area contributed by atoms with E-state index in [2.05, 4.69) is 0 Å². The van der Waals surface area contributed by atoms with Gasteiger partial charge in [-0.3, -0.25) is 4.79 Å². The molecular formula is C12H14ClNO4S. The molecule has 19 heavy (non-hydrogen) atoms. The minimum atomic E-state index is -3.73. The van der Waals surface area contributed by atoms with Crippen molar-refractivity contribution >= 4 is 27.6 Å². The van der Waals surface area contributed by atoms with Crippen LogP contribution in [0.25, 0.3) is 0 Å². The lowest BCUT2D eigenvalue weighted by atomic mass is 10.2. The highest BCUT2D eigenvalue weighted by atomic mass is 35.5. The lowest BCUT2D eigenvalue weighted by molar-refractivity contribution is -0.137. The molecule has 1 aromatic carbocycles. The molecule has 0 aliphatic carbocycles. The van der Waals surface area contributed by atoms with E-state index in [1.54, 1.807) is 12.1 Å². The normalized spacial score (nSPS) is 20.6. The Morgan fingerprint density at radius 2 is 2.11 bits per heavy atom. The van der Waals surface area contributed by atoms with Crippen molar-refractivity contribution in [3.05, 3.63) is 29.3 Å². The van der Waals surface area contributed by atoms with Crippen LogP contribution in [0.3, 0.4) is 0 Å². The molecule has 1 unspecified atom stereocenters. The average Bonchev–Trinajstić information content (AvgIpc) is 2.77. The minimum Gasteiger partial charge on any atom is -0.481 e. The number of rotatable bonds is 4. The fourth-order valence-corrected chi connectivity index (χ4v) is 4.50. The van der Waals surface area contributed by atoms with E-state index in [-0.39, 0.29) is 16.3 Å². The highest BCUT2D eigenvalue weighted by Crippen LogP contribution is 2.31. The maximum absolute atomic E-state index is 12.5. The summed E-state index contributed by atoms with van der Waals surface area (Å²) in [5, 5.41) is 8.99. The van der Waals surface area contributed by atoms with Gasteiger partial charge in [-0.15, -0.1) is 0 Å². The second kappa shape index (κ2) is 5.48. The summed E-state index contributed by atoms with van der Waals surface area (Å²) in [6, 6.07) is 5.71. The van der Waals surface area contributed by atoms with Crippen LogP contribution in [0, 0.1) is 0 Å².